The number of rotatable bonds is 3. The van der Waals surface area contributed by atoms with Gasteiger partial charge in [-0.05, 0) is 17.9 Å². The van der Waals surface area contributed by atoms with Gasteiger partial charge < -0.3 is 0 Å². The molecule has 0 fully saturated rings. The average molecular weight is 365 g/mol. The molecule has 0 aromatic heterocycles. The van der Waals surface area contributed by atoms with Gasteiger partial charge in [-0.15, -0.1) is 0 Å². The first-order valence-electron chi connectivity index (χ1n) is 8.01. The summed E-state index contributed by atoms with van der Waals surface area (Å²) in [5, 5.41) is 4.95. The van der Waals surface area contributed by atoms with Crippen molar-refractivity contribution < 1.29 is 16.8 Å². The Hall–Kier alpha value is -0.669. The maximum absolute atomic E-state index is 3.91. The first-order valence-corrected chi connectivity index (χ1v) is 12.8. The molecular weight excluding hydrogens is 330 g/mol. The topological polar surface area (TPSA) is 12.0 Å². The van der Waals surface area contributed by atoms with E-state index in [0.717, 1.165) is 0 Å². The van der Waals surface area contributed by atoms with Crippen molar-refractivity contribution in [2.75, 3.05) is 0 Å². The molecule has 0 radical (unpaired) electrons. The molecule has 1 aromatic rings. The largest absolute Gasteiger partial charge is 0.0149 e. The van der Waals surface area contributed by atoms with E-state index in [0.29, 0.717) is 4.22 Å². The van der Waals surface area contributed by atoms with Crippen LogP contribution in [0, 0.1) is 0 Å². The van der Waals surface area contributed by atoms with Gasteiger partial charge in [0.25, 0.3) is 0 Å². The Morgan fingerprint density at radius 2 is 1.78 bits per heavy atom. The standard InChI is InChI=1S/C9H7.C5H8.C4H10N.2CH3.H4Si.Ti/c1-2-5-9-7-3-6-8(9)4-1;1-3-5-4-2;1-4(2,3)5;;;;/h1-7H;3-5H,1H2,2H3;5H,1-3H3;2*1H3;1H4;/q;;-1;;;;+1. The van der Waals surface area contributed by atoms with Gasteiger partial charge in [-0.2, -0.15) is 0 Å². The minimum atomic E-state index is -2.04. The van der Waals surface area contributed by atoms with Crippen molar-refractivity contribution in [1.29, 1.82) is 0 Å². The van der Waals surface area contributed by atoms with Gasteiger partial charge in [-0.1, -0.05) is 24.8 Å². The van der Waals surface area contributed by atoms with Crippen molar-refractivity contribution in [3.8, 4) is 0 Å². The van der Waals surface area contributed by atoms with E-state index in [-0.39, 0.29) is 16.5 Å². The van der Waals surface area contributed by atoms with Crippen molar-refractivity contribution >= 4 is 17.0 Å². The molecule has 2 rings (SSSR count). The number of fused-ring (bicyclic) bond motifs is 1. The SMILES string of the molecule is C=CC=CC.CC(C)(C)[NH][Ti]([CH3])([CH3])[CH]1C=Cc2ccccc21.[SiH4]. The molecule has 0 bridgehead atoms. The first-order chi connectivity index (χ1) is 10.2. The summed E-state index contributed by atoms with van der Waals surface area (Å²) < 4.78 is 4.56. The molecule has 1 aliphatic rings. The van der Waals surface area contributed by atoms with Gasteiger partial charge in [-0.3, -0.25) is 0 Å². The number of hydrogen-bond donors (Lipinski definition) is 1. The molecule has 0 spiro atoms. The molecule has 1 aliphatic carbocycles. The van der Waals surface area contributed by atoms with Crippen LogP contribution in [-0.2, 0) is 16.8 Å². The summed E-state index contributed by atoms with van der Waals surface area (Å²) in [6.07, 6.45) is 10.3. The molecule has 0 saturated carbocycles. The normalized spacial score (nSPS) is 16.3. The molecule has 1 N–H and O–H groups in total. The number of allylic oxidation sites excluding steroid dienone is 4. The smallest absolute Gasteiger partial charge is 0.0149 e. The number of nitrogens with one attached hydrogen (secondary N) is 1. The fourth-order valence-electron chi connectivity index (χ4n) is 3.06. The summed E-state index contributed by atoms with van der Waals surface area (Å²) in [4.78, 5) is 0. The van der Waals surface area contributed by atoms with Gasteiger partial charge in [0.2, 0.25) is 0 Å². The fraction of sp³-hybridized carbons (Fsp3) is 0.400. The van der Waals surface area contributed by atoms with Crippen LogP contribution in [-0.4, -0.2) is 16.5 Å². The molecule has 0 amide bonds. The molecule has 1 unspecified atom stereocenters. The van der Waals surface area contributed by atoms with Crippen LogP contribution in [0.4, 0.5) is 0 Å². The molecule has 23 heavy (non-hydrogen) atoms. The summed E-state index contributed by atoms with van der Waals surface area (Å²) in [6, 6.07) is 8.80. The summed E-state index contributed by atoms with van der Waals surface area (Å²) in [5.74, 6) is 0. The molecule has 0 saturated heterocycles. The van der Waals surface area contributed by atoms with Gasteiger partial charge in [0, 0.05) is 0 Å². The van der Waals surface area contributed by atoms with Crippen molar-refractivity contribution in [3.63, 3.8) is 0 Å². The molecule has 3 heteroatoms. The van der Waals surface area contributed by atoms with E-state index in [1.165, 1.54) is 11.1 Å². The minimum absolute atomic E-state index is 0. The maximum atomic E-state index is 3.91. The second kappa shape index (κ2) is 9.58. The van der Waals surface area contributed by atoms with E-state index in [1.54, 1.807) is 6.08 Å². The van der Waals surface area contributed by atoms with Crippen LogP contribution in [0.25, 0.3) is 6.08 Å². The predicted molar refractivity (Wildman–Crippen MR) is 109 cm³/mol. The zero-order valence-electron chi connectivity index (χ0n) is 15.0. The van der Waals surface area contributed by atoms with Crippen molar-refractivity contribution in [2.45, 2.75) is 47.9 Å². The minimum Gasteiger partial charge on any atom is -0.0149 e. The van der Waals surface area contributed by atoms with Crippen LogP contribution in [0.2, 0.25) is 10.5 Å². The van der Waals surface area contributed by atoms with Gasteiger partial charge >= 0.3 is 109 Å². The second-order valence-electron chi connectivity index (χ2n) is 7.32. The molecule has 1 nitrogen and oxygen atoms in total. The first kappa shape index (κ1) is 22.3. The summed E-state index contributed by atoms with van der Waals surface area (Å²) in [7, 11) is 0. The molecule has 128 valence electrons. The maximum Gasteiger partial charge on any atom is -0.0149 e. The van der Waals surface area contributed by atoms with Gasteiger partial charge in [-0.25, -0.2) is 0 Å². The zero-order chi connectivity index (χ0) is 16.8. The summed E-state index contributed by atoms with van der Waals surface area (Å²) in [6.45, 7) is 12.2. The Bertz CT molecular complexity index is 553. The van der Waals surface area contributed by atoms with Crippen molar-refractivity contribution in [1.82, 2.24) is 3.80 Å². The van der Waals surface area contributed by atoms with Crippen LogP contribution >= 0.6 is 0 Å². The van der Waals surface area contributed by atoms with Crippen molar-refractivity contribution in [2.24, 2.45) is 0 Å². The van der Waals surface area contributed by atoms with Gasteiger partial charge in [0.05, 0.1) is 0 Å². The monoisotopic (exact) mass is 365 g/mol. The van der Waals surface area contributed by atoms with E-state index in [9.17, 15) is 0 Å². The van der Waals surface area contributed by atoms with Crippen molar-refractivity contribution in [3.05, 3.63) is 66.3 Å². The average Bonchev–Trinajstić information content (AvgIpc) is 2.82. The van der Waals surface area contributed by atoms with Gasteiger partial charge in [0.1, 0.15) is 0 Å². The third-order valence-electron chi connectivity index (χ3n) is 3.60. The Kier molecular flexibility index (Phi) is 9.31. The zero-order valence-corrected chi connectivity index (χ0v) is 16.5. The van der Waals surface area contributed by atoms with Crippen LogP contribution in [0.15, 0.2) is 55.1 Å². The molecule has 1 aromatic carbocycles. The Morgan fingerprint density at radius 1 is 1.17 bits per heavy atom. The predicted octanol–water partition coefficient (Wildman–Crippen LogP) is 4.60. The van der Waals surface area contributed by atoms with Crippen LogP contribution < -0.4 is 3.80 Å². The quantitative estimate of drug-likeness (QED) is 0.610. The van der Waals surface area contributed by atoms with E-state index in [4.69, 9.17) is 0 Å². The Morgan fingerprint density at radius 3 is 2.26 bits per heavy atom. The molecule has 0 heterocycles. The van der Waals surface area contributed by atoms with Crippen LogP contribution in [0.1, 0.15) is 43.0 Å². The Balaban J connectivity index is 0.000000709. The fourth-order valence-corrected chi connectivity index (χ4v) is 8.85. The summed E-state index contributed by atoms with van der Waals surface area (Å²) in [5.41, 5.74) is 3.15. The molecule has 0 aliphatic heterocycles. The van der Waals surface area contributed by atoms with Gasteiger partial charge in [0.15, 0.2) is 0 Å². The third kappa shape index (κ3) is 7.18. The molecule has 1 atom stereocenters. The molecular formula is C20H35NSiTi. The second-order valence-corrected chi connectivity index (χ2v) is 14.1. The van der Waals surface area contributed by atoms with E-state index < -0.39 is 16.8 Å². The Labute approximate surface area is 151 Å². The van der Waals surface area contributed by atoms with Crippen LogP contribution in [0.5, 0.6) is 0 Å². The summed E-state index contributed by atoms with van der Waals surface area (Å²) >= 11 is -2.04. The van der Waals surface area contributed by atoms with E-state index >= 15 is 0 Å². The van der Waals surface area contributed by atoms with E-state index in [2.05, 4.69) is 78.0 Å². The van der Waals surface area contributed by atoms with Crippen LogP contribution in [0.3, 0.4) is 0 Å². The number of benzene rings is 1. The number of hydrogen-bond acceptors (Lipinski definition) is 1. The third-order valence-corrected chi connectivity index (χ3v) is 8.99. The van der Waals surface area contributed by atoms with E-state index in [1.807, 2.05) is 19.1 Å².